The molecule has 0 aromatic heterocycles. The van der Waals surface area contributed by atoms with Crippen molar-refractivity contribution in [3.8, 4) is 5.75 Å². The lowest BCUT2D eigenvalue weighted by molar-refractivity contribution is -0.139. The minimum Gasteiger partial charge on any atom is -0.481 e. The van der Waals surface area contributed by atoms with Crippen molar-refractivity contribution in [1.82, 2.24) is 0 Å². The summed E-state index contributed by atoms with van der Waals surface area (Å²) in [6.07, 6.45) is 1.40. The van der Waals surface area contributed by atoms with Crippen molar-refractivity contribution < 1.29 is 23.1 Å². The van der Waals surface area contributed by atoms with Gasteiger partial charge in [-0.15, -0.1) is 0 Å². The highest BCUT2D eigenvalue weighted by Gasteiger charge is 2.23. The molecule has 0 saturated carbocycles. The van der Waals surface area contributed by atoms with Gasteiger partial charge in [0.25, 0.3) is 0 Å². The molecule has 0 unspecified atom stereocenters. The van der Waals surface area contributed by atoms with E-state index >= 15 is 0 Å². The Morgan fingerprint density at radius 2 is 2.12 bits per heavy atom. The summed E-state index contributed by atoms with van der Waals surface area (Å²) in [6, 6.07) is 4.51. The summed E-state index contributed by atoms with van der Waals surface area (Å²) < 4.78 is 28.0. The van der Waals surface area contributed by atoms with Crippen LogP contribution in [0.4, 0.5) is 0 Å². The summed E-state index contributed by atoms with van der Waals surface area (Å²) in [7, 11) is -3.37. The molecule has 0 spiro atoms. The number of fused-ring (bicyclic) bond motifs is 1. The van der Waals surface area contributed by atoms with Crippen LogP contribution in [0.1, 0.15) is 5.56 Å². The zero-order chi connectivity index (χ0) is 11.8. The van der Waals surface area contributed by atoms with Gasteiger partial charge in [-0.05, 0) is 18.2 Å². The second-order valence-corrected chi connectivity index (χ2v) is 5.00. The van der Waals surface area contributed by atoms with Gasteiger partial charge < -0.3 is 9.84 Å². The molecule has 0 amide bonds. The lowest BCUT2D eigenvalue weighted by atomic mass is 10.2. The molecule has 0 bridgehead atoms. The van der Waals surface area contributed by atoms with Crippen molar-refractivity contribution >= 4 is 21.9 Å². The first-order chi connectivity index (χ1) is 7.50. The lowest BCUT2D eigenvalue weighted by Crippen LogP contribution is -2.10. The average Bonchev–Trinajstić information content (AvgIpc) is 2.53. The highest BCUT2D eigenvalue weighted by atomic mass is 32.2. The topological polar surface area (TPSA) is 80.7 Å². The molecule has 0 saturated heterocycles. The first-order valence-electron chi connectivity index (χ1n) is 4.41. The summed E-state index contributed by atoms with van der Waals surface area (Å²) in [5, 5.41) is 9.54. The maximum absolute atomic E-state index is 11.5. The van der Waals surface area contributed by atoms with Crippen LogP contribution in [0.5, 0.6) is 5.75 Å². The standard InChI is InChI=1S/C10H8O5S/c11-10(12)6-15-8-2-1-3-9-7(8)4-5-16(9,13)14/h1-5H,6H2,(H,11,12). The fraction of sp³-hybridized carbons (Fsp3) is 0.100. The summed E-state index contributed by atoms with van der Waals surface area (Å²) >= 11 is 0. The SMILES string of the molecule is O=C(O)COc1cccc2c1C=CS2(=O)=O. The molecule has 2 rings (SSSR count). The van der Waals surface area contributed by atoms with E-state index in [0.29, 0.717) is 5.56 Å². The van der Waals surface area contributed by atoms with Crippen molar-refractivity contribution in [2.45, 2.75) is 4.90 Å². The first kappa shape index (κ1) is 10.7. The van der Waals surface area contributed by atoms with E-state index < -0.39 is 22.4 Å². The van der Waals surface area contributed by atoms with Gasteiger partial charge in [0.1, 0.15) is 5.75 Å². The van der Waals surface area contributed by atoms with E-state index in [-0.39, 0.29) is 10.6 Å². The summed E-state index contributed by atoms with van der Waals surface area (Å²) in [4.78, 5) is 10.5. The number of carbonyl (C=O) groups is 1. The smallest absolute Gasteiger partial charge is 0.341 e. The van der Waals surface area contributed by atoms with E-state index in [1.54, 1.807) is 0 Å². The molecule has 0 radical (unpaired) electrons. The second kappa shape index (κ2) is 3.64. The predicted molar refractivity (Wildman–Crippen MR) is 55.8 cm³/mol. The number of sulfone groups is 1. The number of aliphatic carboxylic acids is 1. The zero-order valence-electron chi connectivity index (χ0n) is 8.08. The Morgan fingerprint density at radius 1 is 1.38 bits per heavy atom. The quantitative estimate of drug-likeness (QED) is 0.849. The lowest BCUT2D eigenvalue weighted by Gasteiger charge is -2.07. The van der Waals surface area contributed by atoms with Gasteiger partial charge in [-0.1, -0.05) is 6.07 Å². The number of ether oxygens (including phenoxy) is 1. The molecule has 0 aliphatic carbocycles. The fourth-order valence-corrected chi connectivity index (χ4v) is 2.64. The van der Waals surface area contributed by atoms with Crippen molar-refractivity contribution in [2.75, 3.05) is 6.61 Å². The maximum atomic E-state index is 11.5. The fourth-order valence-electron chi connectivity index (χ4n) is 1.43. The predicted octanol–water partition coefficient (Wildman–Crippen LogP) is 0.908. The Balaban J connectivity index is 2.40. The van der Waals surface area contributed by atoms with Crippen LogP contribution < -0.4 is 4.74 Å². The molecule has 6 heteroatoms. The summed E-state index contributed by atoms with van der Waals surface area (Å²) in [6.45, 7) is -0.496. The van der Waals surface area contributed by atoms with Gasteiger partial charge in [0.05, 0.1) is 4.90 Å². The van der Waals surface area contributed by atoms with Gasteiger partial charge in [-0.2, -0.15) is 0 Å². The third-order valence-corrected chi connectivity index (χ3v) is 3.56. The summed E-state index contributed by atoms with van der Waals surface area (Å²) in [5.74, 6) is -0.848. The van der Waals surface area contributed by atoms with Gasteiger partial charge in [0, 0.05) is 11.0 Å². The van der Waals surface area contributed by atoms with Crippen LogP contribution in [-0.4, -0.2) is 26.1 Å². The van der Waals surface area contributed by atoms with E-state index in [0.717, 1.165) is 5.41 Å². The molecule has 1 aliphatic rings. The van der Waals surface area contributed by atoms with Crippen LogP contribution in [-0.2, 0) is 14.6 Å². The zero-order valence-corrected chi connectivity index (χ0v) is 8.90. The Morgan fingerprint density at radius 3 is 2.81 bits per heavy atom. The van der Waals surface area contributed by atoms with E-state index in [9.17, 15) is 13.2 Å². The van der Waals surface area contributed by atoms with Crippen LogP contribution in [0.2, 0.25) is 0 Å². The van der Waals surface area contributed by atoms with E-state index in [2.05, 4.69) is 0 Å². The highest BCUT2D eigenvalue weighted by Crippen LogP contribution is 2.33. The number of hydrogen-bond donors (Lipinski definition) is 1. The number of benzene rings is 1. The molecule has 0 fully saturated rings. The van der Waals surface area contributed by atoms with Crippen molar-refractivity contribution in [1.29, 1.82) is 0 Å². The Kier molecular flexibility index (Phi) is 2.43. The Labute approximate surface area is 91.9 Å². The molecule has 1 N–H and O–H groups in total. The molecular formula is C10H8O5S. The largest absolute Gasteiger partial charge is 0.481 e. The molecule has 16 heavy (non-hydrogen) atoms. The molecular weight excluding hydrogens is 232 g/mol. The first-order valence-corrected chi connectivity index (χ1v) is 5.96. The monoisotopic (exact) mass is 240 g/mol. The minimum absolute atomic E-state index is 0.149. The highest BCUT2D eigenvalue weighted by molar-refractivity contribution is 7.94. The Hall–Kier alpha value is -1.82. The molecule has 84 valence electrons. The number of carboxylic acid groups (broad SMARTS) is 1. The van der Waals surface area contributed by atoms with E-state index in [1.807, 2.05) is 0 Å². The average molecular weight is 240 g/mol. The molecule has 1 heterocycles. The van der Waals surface area contributed by atoms with E-state index in [1.165, 1.54) is 24.3 Å². The van der Waals surface area contributed by atoms with Crippen LogP contribution in [0.3, 0.4) is 0 Å². The van der Waals surface area contributed by atoms with Crippen molar-refractivity contribution in [3.63, 3.8) is 0 Å². The molecule has 5 nitrogen and oxygen atoms in total. The third kappa shape index (κ3) is 1.79. The van der Waals surface area contributed by atoms with Gasteiger partial charge in [-0.25, -0.2) is 13.2 Å². The van der Waals surface area contributed by atoms with Crippen LogP contribution in [0.25, 0.3) is 6.08 Å². The normalized spacial score (nSPS) is 15.8. The third-order valence-electron chi connectivity index (χ3n) is 2.10. The van der Waals surface area contributed by atoms with Crippen LogP contribution in [0, 0.1) is 0 Å². The van der Waals surface area contributed by atoms with Crippen LogP contribution in [0.15, 0.2) is 28.5 Å². The van der Waals surface area contributed by atoms with Gasteiger partial charge in [-0.3, -0.25) is 0 Å². The van der Waals surface area contributed by atoms with Gasteiger partial charge in [0.15, 0.2) is 6.61 Å². The molecule has 1 aromatic carbocycles. The van der Waals surface area contributed by atoms with Gasteiger partial charge >= 0.3 is 5.97 Å². The van der Waals surface area contributed by atoms with Crippen LogP contribution >= 0.6 is 0 Å². The number of hydrogen-bond acceptors (Lipinski definition) is 4. The second-order valence-electron chi connectivity index (χ2n) is 3.20. The number of rotatable bonds is 3. The maximum Gasteiger partial charge on any atom is 0.341 e. The minimum atomic E-state index is -3.37. The Bertz CT molecular complexity index is 571. The van der Waals surface area contributed by atoms with Crippen molar-refractivity contribution in [3.05, 3.63) is 29.2 Å². The van der Waals surface area contributed by atoms with Gasteiger partial charge in [0.2, 0.25) is 9.84 Å². The van der Waals surface area contributed by atoms with Crippen molar-refractivity contribution in [2.24, 2.45) is 0 Å². The molecule has 1 aromatic rings. The summed E-state index contributed by atoms with van der Waals surface area (Å²) in [5.41, 5.74) is 0.406. The molecule has 1 aliphatic heterocycles. The molecule has 0 atom stereocenters. The van der Waals surface area contributed by atoms with E-state index in [4.69, 9.17) is 9.84 Å². The number of carboxylic acids is 1.